The van der Waals surface area contributed by atoms with E-state index in [4.69, 9.17) is 27.9 Å². The van der Waals surface area contributed by atoms with E-state index in [1.54, 1.807) is 12.1 Å². The summed E-state index contributed by atoms with van der Waals surface area (Å²) < 4.78 is 6.85. The predicted octanol–water partition coefficient (Wildman–Crippen LogP) is 4.29. The van der Waals surface area contributed by atoms with E-state index in [-0.39, 0.29) is 21.4 Å². The van der Waals surface area contributed by atoms with Crippen molar-refractivity contribution in [2.24, 2.45) is 4.99 Å². The first-order chi connectivity index (χ1) is 13.8. The Kier molecular flexibility index (Phi) is 6.48. The summed E-state index contributed by atoms with van der Waals surface area (Å²) in [6.07, 6.45) is 2.63. The number of amides is 1. The Hall–Kier alpha value is -2.53. The average molecular weight is 472 g/mol. The minimum Gasteiger partial charge on any atom is -0.468 e. The van der Waals surface area contributed by atoms with Crippen LogP contribution in [-0.4, -0.2) is 28.5 Å². The summed E-state index contributed by atoms with van der Waals surface area (Å²) in [5, 5.41) is 11.2. The lowest BCUT2D eigenvalue weighted by atomic mass is 10.3. The number of fused-ring (bicyclic) bond motifs is 1. The molecule has 2 heterocycles. The topological polar surface area (TPSA) is 104 Å². The van der Waals surface area contributed by atoms with Crippen LogP contribution in [0, 0.1) is 10.1 Å². The van der Waals surface area contributed by atoms with Gasteiger partial charge in [-0.2, -0.15) is 4.99 Å². The summed E-state index contributed by atoms with van der Waals surface area (Å²) >= 11 is 14.5. The summed E-state index contributed by atoms with van der Waals surface area (Å²) in [4.78, 5) is 39.1. The second kappa shape index (κ2) is 8.87. The summed E-state index contributed by atoms with van der Waals surface area (Å²) in [5.74, 6) is -1.15. The van der Waals surface area contributed by atoms with E-state index in [9.17, 15) is 19.7 Å². The molecule has 1 amide bonds. The number of nitro groups is 1. The quantitative estimate of drug-likeness (QED) is 0.239. The summed E-state index contributed by atoms with van der Waals surface area (Å²) in [5.41, 5.74) is 0.471. The van der Waals surface area contributed by atoms with Gasteiger partial charge in [0.05, 0.1) is 32.3 Å². The number of halogens is 2. The van der Waals surface area contributed by atoms with Gasteiger partial charge in [0.15, 0.2) is 4.80 Å². The molecule has 150 valence electrons. The number of thiazole rings is 1. The Morgan fingerprint density at radius 2 is 2.03 bits per heavy atom. The molecule has 0 bridgehead atoms. The van der Waals surface area contributed by atoms with E-state index in [0.717, 1.165) is 22.7 Å². The van der Waals surface area contributed by atoms with E-state index in [1.165, 1.54) is 36.0 Å². The van der Waals surface area contributed by atoms with Crippen molar-refractivity contribution in [2.45, 2.75) is 6.54 Å². The zero-order valence-electron chi connectivity index (χ0n) is 14.6. The molecule has 0 aliphatic rings. The van der Waals surface area contributed by atoms with Crippen LogP contribution >= 0.6 is 45.9 Å². The van der Waals surface area contributed by atoms with Crippen LogP contribution in [0.25, 0.3) is 16.3 Å². The van der Waals surface area contributed by atoms with Gasteiger partial charge in [0.1, 0.15) is 6.54 Å². The number of nitrogens with zero attached hydrogens (tertiary/aromatic N) is 3. The highest BCUT2D eigenvalue weighted by Gasteiger charge is 2.16. The molecule has 1 aromatic carbocycles. The summed E-state index contributed by atoms with van der Waals surface area (Å²) in [7, 11) is 1.25. The van der Waals surface area contributed by atoms with Gasteiger partial charge in [-0.05, 0) is 24.3 Å². The first-order valence-electron chi connectivity index (χ1n) is 7.85. The van der Waals surface area contributed by atoms with Crippen molar-refractivity contribution in [1.82, 2.24) is 4.57 Å². The number of aromatic nitrogens is 1. The highest BCUT2D eigenvalue weighted by atomic mass is 35.5. The number of rotatable bonds is 5. The largest absolute Gasteiger partial charge is 0.468 e. The van der Waals surface area contributed by atoms with Gasteiger partial charge in [0, 0.05) is 17.0 Å². The number of ether oxygens (including phenoxy) is 1. The Balaban J connectivity index is 2.01. The standard InChI is InChI=1S/C17H11Cl2N3O5S2/c1-27-14(24)8-21-16-11(5-4-10(18)15(16)19)29-17(21)20-12(23)6-2-9-3-7-13(28-9)22(25)26/h2-7H,8H2,1H3. The van der Waals surface area contributed by atoms with Crippen molar-refractivity contribution in [1.29, 1.82) is 0 Å². The van der Waals surface area contributed by atoms with Crippen molar-refractivity contribution in [3.8, 4) is 0 Å². The highest BCUT2D eigenvalue weighted by Crippen LogP contribution is 2.32. The molecule has 0 spiro atoms. The first-order valence-corrected chi connectivity index (χ1v) is 10.2. The molecule has 8 nitrogen and oxygen atoms in total. The molecule has 0 saturated heterocycles. The number of hydrogen-bond donors (Lipinski definition) is 0. The molecule has 0 aliphatic carbocycles. The molecule has 0 radical (unpaired) electrons. The molecule has 29 heavy (non-hydrogen) atoms. The normalized spacial score (nSPS) is 12.0. The molecule has 3 aromatic rings. The number of carbonyl (C=O) groups is 2. The molecule has 0 unspecified atom stereocenters. The lowest BCUT2D eigenvalue weighted by molar-refractivity contribution is -0.380. The van der Waals surface area contributed by atoms with Gasteiger partial charge in [0.25, 0.3) is 5.91 Å². The van der Waals surface area contributed by atoms with Crippen LogP contribution in [-0.2, 0) is 20.9 Å². The third-order valence-electron chi connectivity index (χ3n) is 3.64. The van der Waals surface area contributed by atoms with Gasteiger partial charge in [-0.1, -0.05) is 45.9 Å². The maximum absolute atomic E-state index is 12.3. The summed E-state index contributed by atoms with van der Waals surface area (Å²) in [6, 6.07) is 6.21. The van der Waals surface area contributed by atoms with Gasteiger partial charge in [-0.15, -0.1) is 0 Å². The van der Waals surface area contributed by atoms with Crippen molar-refractivity contribution in [3.05, 3.63) is 60.2 Å². The SMILES string of the molecule is COC(=O)Cn1c(=NC(=O)C=Cc2ccc([N+](=O)[O-])s2)sc2ccc(Cl)c(Cl)c21. The van der Waals surface area contributed by atoms with Crippen LogP contribution < -0.4 is 4.80 Å². The number of benzene rings is 1. The number of carbonyl (C=O) groups excluding carboxylic acids is 2. The second-order valence-electron chi connectivity index (χ2n) is 5.47. The van der Waals surface area contributed by atoms with Crippen molar-refractivity contribution in [2.75, 3.05) is 7.11 Å². The molecule has 12 heteroatoms. The minimum atomic E-state index is -0.603. The fourth-order valence-corrected chi connectivity index (χ4v) is 4.59. The van der Waals surface area contributed by atoms with E-state index in [1.807, 2.05) is 0 Å². The fourth-order valence-electron chi connectivity index (χ4n) is 2.34. The van der Waals surface area contributed by atoms with Crippen molar-refractivity contribution >= 4 is 79.0 Å². The van der Waals surface area contributed by atoms with E-state index < -0.39 is 16.8 Å². The van der Waals surface area contributed by atoms with Crippen LogP contribution in [0.15, 0.2) is 35.3 Å². The Bertz CT molecular complexity index is 1230. The third kappa shape index (κ3) is 4.73. The maximum atomic E-state index is 12.3. The molecule has 3 rings (SSSR count). The third-order valence-corrected chi connectivity index (χ3v) is 6.48. The lowest BCUT2D eigenvalue weighted by Gasteiger charge is -2.05. The van der Waals surface area contributed by atoms with Gasteiger partial charge in [-0.3, -0.25) is 19.7 Å². The Morgan fingerprint density at radius 1 is 1.28 bits per heavy atom. The van der Waals surface area contributed by atoms with Gasteiger partial charge in [0.2, 0.25) is 0 Å². The first kappa shape index (κ1) is 21.2. The van der Waals surface area contributed by atoms with Gasteiger partial charge < -0.3 is 9.30 Å². The summed E-state index contributed by atoms with van der Waals surface area (Å²) in [6.45, 7) is -0.205. The Morgan fingerprint density at radius 3 is 2.69 bits per heavy atom. The number of methoxy groups -OCH3 is 1. The number of thiophene rings is 1. The van der Waals surface area contributed by atoms with E-state index in [2.05, 4.69) is 4.99 Å². The zero-order chi connectivity index (χ0) is 21.1. The van der Waals surface area contributed by atoms with Crippen molar-refractivity contribution in [3.63, 3.8) is 0 Å². The molecular formula is C17H11Cl2N3O5S2. The smallest absolute Gasteiger partial charge is 0.325 e. The van der Waals surface area contributed by atoms with Crippen LogP contribution in [0.5, 0.6) is 0 Å². The number of esters is 1. The van der Waals surface area contributed by atoms with E-state index >= 15 is 0 Å². The predicted molar refractivity (Wildman–Crippen MR) is 112 cm³/mol. The zero-order valence-corrected chi connectivity index (χ0v) is 17.8. The van der Waals surface area contributed by atoms with Gasteiger partial charge >= 0.3 is 11.0 Å². The molecule has 0 atom stereocenters. The average Bonchev–Trinajstić information content (AvgIpc) is 3.29. The number of hydrogen-bond acceptors (Lipinski definition) is 7. The van der Waals surface area contributed by atoms with Crippen LogP contribution in [0.2, 0.25) is 10.0 Å². The highest BCUT2D eigenvalue weighted by molar-refractivity contribution is 7.16. The van der Waals surface area contributed by atoms with Crippen LogP contribution in [0.4, 0.5) is 5.00 Å². The van der Waals surface area contributed by atoms with E-state index in [0.29, 0.717) is 20.1 Å². The molecular weight excluding hydrogens is 461 g/mol. The molecule has 0 saturated carbocycles. The second-order valence-corrected chi connectivity index (χ2v) is 8.36. The fraction of sp³-hybridized carbons (Fsp3) is 0.118. The minimum absolute atomic E-state index is 0.0269. The Labute approximate surface area is 181 Å². The monoisotopic (exact) mass is 471 g/mol. The van der Waals surface area contributed by atoms with Crippen molar-refractivity contribution < 1.29 is 19.2 Å². The van der Waals surface area contributed by atoms with Crippen LogP contribution in [0.3, 0.4) is 0 Å². The maximum Gasteiger partial charge on any atom is 0.325 e. The molecule has 0 fully saturated rings. The molecule has 0 aliphatic heterocycles. The molecule has 2 aromatic heterocycles. The van der Waals surface area contributed by atoms with Gasteiger partial charge in [-0.25, -0.2) is 0 Å². The molecule has 0 N–H and O–H groups in total. The lowest BCUT2D eigenvalue weighted by Crippen LogP contribution is -2.22. The van der Waals surface area contributed by atoms with Crippen LogP contribution in [0.1, 0.15) is 4.88 Å².